The number of hydrogen-bond donors (Lipinski definition) is 1. The second kappa shape index (κ2) is 7.23. The van der Waals surface area contributed by atoms with E-state index in [4.69, 9.17) is 0 Å². The number of carbonyl (C=O) groups excluding carboxylic acids is 1. The van der Waals surface area contributed by atoms with Crippen LogP contribution in [0.4, 0.5) is 0 Å². The third-order valence-electron chi connectivity index (χ3n) is 4.02. The van der Waals surface area contributed by atoms with E-state index in [2.05, 4.69) is 47.2 Å². The summed E-state index contributed by atoms with van der Waals surface area (Å²) in [6.45, 7) is 5.56. The average molecular weight is 339 g/mol. The molecule has 2 unspecified atom stereocenters. The van der Waals surface area contributed by atoms with E-state index in [9.17, 15) is 4.79 Å². The summed E-state index contributed by atoms with van der Waals surface area (Å²) in [7, 11) is 0. The van der Waals surface area contributed by atoms with Crippen molar-refractivity contribution in [2.75, 3.05) is 13.1 Å². The molecular formula is C16H23BrN2O. The van der Waals surface area contributed by atoms with E-state index in [0.29, 0.717) is 12.6 Å². The Labute approximate surface area is 129 Å². The lowest BCUT2D eigenvalue weighted by Crippen LogP contribution is -2.40. The topological polar surface area (TPSA) is 32.3 Å². The van der Waals surface area contributed by atoms with E-state index < -0.39 is 0 Å². The monoisotopic (exact) mass is 338 g/mol. The SMILES string of the molecule is CCC(C)NCC(=O)N1CCCC1c1cccc(Br)c1. The summed E-state index contributed by atoms with van der Waals surface area (Å²) in [6, 6.07) is 8.93. The van der Waals surface area contributed by atoms with Crippen molar-refractivity contribution in [1.29, 1.82) is 0 Å². The summed E-state index contributed by atoms with van der Waals surface area (Å²) in [5, 5.41) is 3.29. The third kappa shape index (κ3) is 3.83. The van der Waals surface area contributed by atoms with E-state index >= 15 is 0 Å². The maximum atomic E-state index is 12.4. The maximum absolute atomic E-state index is 12.4. The van der Waals surface area contributed by atoms with Gasteiger partial charge in [-0.25, -0.2) is 0 Å². The average Bonchev–Trinajstić information content (AvgIpc) is 2.93. The molecule has 1 aliphatic heterocycles. The molecule has 1 saturated heterocycles. The maximum Gasteiger partial charge on any atom is 0.237 e. The van der Waals surface area contributed by atoms with Crippen molar-refractivity contribution in [3.8, 4) is 0 Å². The predicted octanol–water partition coefficient (Wildman–Crippen LogP) is 3.50. The molecule has 0 aliphatic carbocycles. The standard InChI is InChI=1S/C16H23BrN2O/c1-3-12(2)18-11-16(20)19-9-5-8-15(19)13-6-4-7-14(17)10-13/h4,6-7,10,12,15,18H,3,5,8-9,11H2,1-2H3. The second-order valence-electron chi connectivity index (χ2n) is 5.49. The van der Waals surface area contributed by atoms with Gasteiger partial charge >= 0.3 is 0 Å². The molecule has 0 bridgehead atoms. The number of benzene rings is 1. The molecule has 1 fully saturated rings. The molecule has 4 heteroatoms. The number of nitrogens with one attached hydrogen (secondary N) is 1. The zero-order valence-electron chi connectivity index (χ0n) is 12.2. The van der Waals surface area contributed by atoms with Crippen LogP contribution in [0.5, 0.6) is 0 Å². The minimum atomic E-state index is 0.216. The summed E-state index contributed by atoms with van der Waals surface area (Å²) in [5.74, 6) is 0.216. The molecule has 1 aliphatic rings. The van der Waals surface area contributed by atoms with Crippen LogP contribution in [0.2, 0.25) is 0 Å². The van der Waals surface area contributed by atoms with Crippen LogP contribution in [0, 0.1) is 0 Å². The normalized spacial score (nSPS) is 20.1. The van der Waals surface area contributed by atoms with Crippen LogP contribution in [0.15, 0.2) is 28.7 Å². The van der Waals surface area contributed by atoms with Crippen molar-refractivity contribution < 1.29 is 4.79 Å². The van der Waals surface area contributed by atoms with Gasteiger partial charge in [-0.05, 0) is 43.9 Å². The molecule has 1 aromatic carbocycles. The first-order valence-corrected chi connectivity index (χ1v) is 8.19. The molecule has 110 valence electrons. The Kier molecular flexibility index (Phi) is 5.61. The molecule has 1 amide bonds. The highest BCUT2D eigenvalue weighted by atomic mass is 79.9. The van der Waals surface area contributed by atoms with Crippen LogP contribution in [0.25, 0.3) is 0 Å². The first kappa shape index (κ1) is 15.5. The summed E-state index contributed by atoms with van der Waals surface area (Å²) in [5.41, 5.74) is 1.23. The van der Waals surface area contributed by atoms with Crippen molar-refractivity contribution in [3.63, 3.8) is 0 Å². The zero-order chi connectivity index (χ0) is 14.5. The number of carbonyl (C=O) groups is 1. The van der Waals surface area contributed by atoms with Crippen molar-refractivity contribution in [3.05, 3.63) is 34.3 Å². The predicted molar refractivity (Wildman–Crippen MR) is 85.6 cm³/mol. The zero-order valence-corrected chi connectivity index (χ0v) is 13.8. The van der Waals surface area contributed by atoms with Gasteiger partial charge in [0.05, 0.1) is 12.6 Å². The van der Waals surface area contributed by atoms with Crippen LogP contribution >= 0.6 is 15.9 Å². The Bertz CT molecular complexity index is 464. The van der Waals surface area contributed by atoms with E-state index in [-0.39, 0.29) is 11.9 Å². The molecular weight excluding hydrogens is 316 g/mol. The molecule has 1 N–H and O–H groups in total. The highest BCUT2D eigenvalue weighted by Crippen LogP contribution is 2.32. The number of likely N-dealkylation sites (tertiary alicyclic amines) is 1. The Hall–Kier alpha value is -0.870. The molecule has 1 aromatic rings. The lowest BCUT2D eigenvalue weighted by molar-refractivity contribution is -0.131. The largest absolute Gasteiger partial charge is 0.335 e. The molecule has 0 aromatic heterocycles. The molecule has 0 spiro atoms. The molecule has 0 radical (unpaired) electrons. The molecule has 0 saturated carbocycles. The van der Waals surface area contributed by atoms with Gasteiger partial charge in [0.2, 0.25) is 5.91 Å². The highest BCUT2D eigenvalue weighted by Gasteiger charge is 2.29. The van der Waals surface area contributed by atoms with Gasteiger partial charge in [0.1, 0.15) is 0 Å². The summed E-state index contributed by atoms with van der Waals surface area (Å²) in [6.07, 6.45) is 3.19. The molecule has 1 heterocycles. The van der Waals surface area contributed by atoms with Crippen molar-refractivity contribution in [2.24, 2.45) is 0 Å². The number of hydrogen-bond acceptors (Lipinski definition) is 2. The van der Waals surface area contributed by atoms with Crippen LogP contribution in [-0.2, 0) is 4.79 Å². The van der Waals surface area contributed by atoms with E-state index in [1.807, 2.05) is 17.0 Å². The molecule has 3 nitrogen and oxygen atoms in total. The number of halogens is 1. The van der Waals surface area contributed by atoms with Gasteiger partial charge in [-0.3, -0.25) is 4.79 Å². The Morgan fingerprint density at radius 1 is 1.55 bits per heavy atom. The van der Waals surface area contributed by atoms with Gasteiger partial charge in [-0.1, -0.05) is 35.0 Å². The number of nitrogens with zero attached hydrogens (tertiary/aromatic N) is 1. The Morgan fingerprint density at radius 2 is 2.35 bits per heavy atom. The van der Waals surface area contributed by atoms with E-state index in [1.165, 1.54) is 5.56 Å². The van der Waals surface area contributed by atoms with Gasteiger partial charge < -0.3 is 10.2 Å². The quantitative estimate of drug-likeness (QED) is 0.891. The fraction of sp³-hybridized carbons (Fsp3) is 0.562. The fourth-order valence-corrected chi connectivity index (χ4v) is 3.05. The fourth-order valence-electron chi connectivity index (χ4n) is 2.63. The van der Waals surface area contributed by atoms with Crippen LogP contribution in [0.1, 0.15) is 44.7 Å². The third-order valence-corrected chi connectivity index (χ3v) is 4.51. The Balaban J connectivity index is 2.02. The Morgan fingerprint density at radius 3 is 3.05 bits per heavy atom. The minimum Gasteiger partial charge on any atom is -0.335 e. The molecule has 2 rings (SSSR count). The van der Waals surface area contributed by atoms with E-state index in [0.717, 1.165) is 30.3 Å². The smallest absolute Gasteiger partial charge is 0.237 e. The highest BCUT2D eigenvalue weighted by molar-refractivity contribution is 9.10. The van der Waals surface area contributed by atoms with E-state index in [1.54, 1.807) is 0 Å². The second-order valence-corrected chi connectivity index (χ2v) is 6.41. The van der Waals surface area contributed by atoms with Crippen LogP contribution in [-0.4, -0.2) is 29.9 Å². The van der Waals surface area contributed by atoms with Crippen molar-refractivity contribution in [2.45, 2.75) is 45.2 Å². The number of amides is 1. The van der Waals surface area contributed by atoms with Gasteiger partial charge in [-0.15, -0.1) is 0 Å². The summed E-state index contributed by atoms with van der Waals surface area (Å²) >= 11 is 3.51. The number of rotatable bonds is 5. The lowest BCUT2D eigenvalue weighted by Gasteiger charge is -2.26. The first-order valence-electron chi connectivity index (χ1n) is 7.40. The first-order chi connectivity index (χ1) is 9.61. The molecule has 20 heavy (non-hydrogen) atoms. The van der Waals surface area contributed by atoms with Gasteiger partial charge in [0.15, 0.2) is 0 Å². The van der Waals surface area contributed by atoms with Gasteiger partial charge in [0, 0.05) is 17.1 Å². The molecule has 2 atom stereocenters. The van der Waals surface area contributed by atoms with Crippen LogP contribution in [0.3, 0.4) is 0 Å². The lowest BCUT2D eigenvalue weighted by atomic mass is 10.0. The van der Waals surface area contributed by atoms with Crippen molar-refractivity contribution in [1.82, 2.24) is 10.2 Å². The van der Waals surface area contributed by atoms with Gasteiger partial charge in [0.25, 0.3) is 0 Å². The summed E-state index contributed by atoms with van der Waals surface area (Å²) in [4.78, 5) is 14.4. The van der Waals surface area contributed by atoms with Gasteiger partial charge in [-0.2, -0.15) is 0 Å². The minimum absolute atomic E-state index is 0.216. The van der Waals surface area contributed by atoms with Crippen molar-refractivity contribution >= 4 is 21.8 Å². The summed E-state index contributed by atoms with van der Waals surface area (Å²) < 4.78 is 1.08. The van der Waals surface area contributed by atoms with Crippen LogP contribution < -0.4 is 5.32 Å².